The minimum Gasteiger partial charge on any atom is -0.455 e. The predicted molar refractivity (Wildman–Crippen MR) is 173 cm³/mol. The standard InChI is InChI=1S/C34H29F2N5O4S/c1-18(35)25-10-9-20(17-38-25)33-31(34(42)37-2)23-14-22(28(16-30(23)45-33)40(3)46(4,43)44)26-11-8-19-12-13-41-27-7-5-6-24(36)21(27)15-29(41)32(19)39-26/h5-11,14-18H,12-13H2,1-4H3,(H,37,42). The van der Waals surface area contributed by atoms with E-state index in [0.717, 1.165) is 27.3 Å². The lowest BCUT2D eigenvalue weighted by atomic mass is 9.98. The number of amides is 1. The number of nitrogens with one attached hydrogen (secondary N) is 1. The van der Waals surface area contributed by atoms with E-state index < -0.39 is 22.1 Å². The zero-order valence-electron chi connectivity index (χ0n) is 25.4. The van der Waals surface area contributed by atoms with Crippen LogP contribution in [0.25, 0.3) is 55.8 Å². The number of hydrogen-bond acceptors (Lipinski definition) is 6. The molecule has 2 aromatic carbocycles. The first kappa shape index (κ1) is 29.6. The topological polar surface area (TPSA) is 110 Å². The summed E-state index contributed by atoms with van der Waals surface area (Å²) in [5.74, 6) is -0.548. The molecule has 7 rings (SSSR count). The average molecular weight is 642 g/mol. The zero-order valence-corrected chi connectivity index (χ0v) is 26.2. The van der Waals surface area contributed by atoms with Crippen LogP contribution in [-0.4, -0.2) is 49.2 Å². The summed E-state index contributed by atoms with van der Waals surface area (Å²) in [6, 6.07) is 17.0. The van der Waals surface area contributed by atoms with E-state index >= 15 is 0 Å². The second kappa shape index (κ2) is 10.8. The van der Waals surface area contributed by atoms with Gasteiger partial charge in [0.05, 0.1) is 45.8 Å². The maximum atomic E-state index is 14.7. The molecular weight excluding hydrogens is 612 g/mol. The normalized spacial score (nSPS) is 13.4. The second-order valence-corrected chi connectivity index (χ2v) is 13.4. The number of benzene rings is 2. The minimum absolute atomic E-state index is 0.204. The molecule has 1 N–H and O–H groups in total. The van der Waals surface area contributed by atoms with Crippen LogP contribution in [0.15, 0.2) is 71.3 Å². The summed E-state index contributed by atoms with van der Waals surface area (Å²) >= 11 is 0. The van der Waals surface area contributed by atoms with Crippen LogP contribution in [-0.2, 0) is 23.0 Å². The number of aryl methyl sites for hydroxylation is 2. The number of aromatic nitrogens is 3. The molecule has 1 atom stereocenters. The summed E-state index contributed by atoms with van der Waals surface area (Å²) in [6.45, 7) is 2.05. The van der Waals surface area contributed by atoms with Crippen molar-refractivity contribution in [2.24, 2.45) is 0 Å². The number of halogens is 2. The van der Waals surface area contributed by atoms with E-state index in [-0.39, 0.29) is 34.1 Å². The van der Waals surface area contributed by atoms with Crippen molar-refractivity contribution in [1.29, 1.82) is 0 Å². The summed E-state index contributed by atoms with van der Waals surface area (Å²) in [5.41, 5.74) is 5.53. The molecule has 1 amide bonds. The Morgan fingerprint density at radius 1 is 1.11 bits per heavy atom. The van der Waals surface area contributed by atoms with Gasteiger partial charge in [-0.1, -0.05) is 12.1 Å². The number of hydrogen-bond donors (Lipinski definition) is 1. The van der Waals surface area contributed by atoms with Gasteiger partial charge in [-0.2, -0.15) is 0 Å². The van der Waals surface area contributed by atoms with E-state index in [1.165, 1.54) is 39.3 Å². The van der Waals surface area contributed by atoms with Gasteiger partial charge in [-0.3, -0.25) is 14.1 Å². The number of sulfonamides is 1. The fourth-order valence-electron chi connectivity index (χ4n) is 6.08. The molecule has 4 aromatic heterocycles. The lowest BCUT2D eigenvalue weighted by Crippen LogP contribution is -2.25. The van der Waals surface area contributed by atoms with Gasteiger partial charge in [-0.25, -0.2) is 22.2 Å². The number of anilines is 1. The fraction of sp³-hybridized carbons (Fsp3) is 0.206. The highest BCUT2D eigenvalue weighted by Crippen LogP contribution is 2.42. The van der Waals surface area contributed by atoms with Gasteiger partial charge in [-0.15, -0.1) is 0 Å². The van der Waals surface area contributed by atoms with Crippen molar-refractivity contribution in [3.63, 3.8) is 0 Å². The van der Waals surface area contributed by atoms with Crippen molar-refractivity contribution in [3.05, 3.63) is 89.5 Å². The quantitative estimate of drug-likeness (QED) is 0.218. The molecule has 5 heterocycles. The predicted octanol–water partition coefficient (Wildman–Crippen LogP) is 6.66. The van der Waals surface area contributed by atoms with Crippen molar-refractivity contribution in [1.82, 2.24) is 19.9 Å². The maximum Gasteiger partial charge on any atom is 0.255 e. The van der Waals surface area contributed by atoms with Crippen molar-refractivity contribution in [2.45, 2.75) is 26.1 Å². The van der Waals surface area contributed by atoms with E-state index in [1.807, 2.05) is 22.8 Å². The van der Waals surface area contributed by atoms with Crippen LogP contribution in [0.3, 0.4) is 0 Å². The summed E-state index contributed by atoms with van der Waals surface area (Å²) < 4.78 is 63.7. The molecule has 0 bridgehead atoms. The smallest absolute Gasteiger partial charge is 0.255 e. The van der Waals surface area contributed by atoms with Gasteiger partial charge in [0.1, 0.15) is 23.3 Å². The first-order valence-electron chi connectivity index (χ1n) is 14.6. The highest BCUT2D eigenvalue weighted by atomic mass is 32.2. The molecule has 234 valence electrons. The molecule has 46 heavy (non-hydrogen) atoms. The van der Waals surface area contributed by atoms with Crippen LogP contribution in [0.1, 0.15) is 34.7 Å². The Labute approximate surface area is 263 Å². The van der Waals surface area contributed by atoms with Gasteiger partial charge in [-0.05, 0) is 61.4 Å². The summed E-state index contributed by atoms with van der Waals surface area (Å²) in [4.78, 5) is 22.5. The van der Waals surface area contributed by atoms with E-state index in [0.29, 0.717) is 46.3 Å². The fourth-order valence-corrected chi connectivity index (χ4v) is 6.59. The van der Waals surface area contributed by atoms with E-state index in [9.17, 15) is 22.0 Å². The molecular formula is C34H29F2N5O4S. The van der Waals surface area contributed by atoms with Gasteiger partial charge in [0.25, 0.3) is 5.91 Å². The molecule has 0 saturated carbocycles. The summed E-state index contributed by atoms with van der Waals surface area (Å²) in [7, 11) is -0.809. The Morgan fingerprint density at radius 2 is 1.91 bits per heavy atom. The molecule has 1 unspecified atom stereocenters. The third-order valence-electron chi connectivity index (χ3n) is 8.55. The number of rotatable bonds is 6. The molecule has 1 aliphatic rings. The molecule has 0 radical (unpaired) electrons. The summed E-state index contributed by atoms with van der Waals surface area (Å²) in [6.07, 6.45) is 1.94. The third-order valence-corrected chi connectivity index (χ3v) is 9.74. The average Bonchev–Trinajstić information content (AvgIpc) is 3.62. The van der Waals surface area contributed by atoms with Gasteiger partial charge in [0.2, 0.25) is 10.0 Å². The van der Waals surface area contributed by atoms with Gasteiger partial charge >= 0.3 is 0 Å². The lowest BCUT2D eigenvalue weighted by Gasteiger charge is -2.23. The number of alkyl halides is 1. The Balaban J connectivity index is 1.47. The van der Waals surface area contributed by atoms with Gasteiger partial charge < -0.3 is 14.3 Å². The Bertz CT molecular complexity index is 2310. The Morgan fingerprint density at radius 3 is 2.61 bits per heavy atom. The highest BCUT2D eigenvalue weighted by molar-refractivity contribution is 7.92. The third kappa shape index (κ3) is 4.71. The van der Waals surface area contributed by atoms with Crippen LogP contribution < -0.4 is 9.62 Å². The Kier molecular flexibility index (Phi) is 6.93. The van der Waals surface area contributed by atoms with Crippen molar-refractivity contribution >= 4 is 43.5 Å². The monoisotopic (exact) mass is 641 g/mol. The number of furan rings is 1. The first-order chi connectivity index (χ1) is 22.0. The van der Waals surface area contributed by atoms with Crippen LogP contribution in [0, 0.1) is 5.82 Å². The minimum atomic E-state index is -3.74. The molecule has 0 spiro atoms. The van der Waals surface area contributed by atoms with Crippen LogP contribution in [0.4, 0.5) is 14.5 Å². The molecule has 0 saturated heterocycles. The van der Waals surface area contributed by atoms with Crippen LogP contribution in [0.2, 0.25) is 0 Å². The summed E-state index contributed by atoms with van der Waals surface area (Å²) in [5, 5.41) is 3.58. The Hall–Kier alpha value is -5.10. The van der Waals surface area contributed by atoms with Gasteiger partial charge in [0, 0.05) is 54.8 Å². The van der Waals surface area contributed by atoms with Crippen molar-refractivity contribution in [2.75, 3.05) is 24.7 Å². The van der Waals surface area contributed by atoms with Crippen LogP contribution in [0.5, 0.6) is 0 Å². The van der Waals surface area contributed by atoms with E-state index in [1.54, 1.807) is 30.3 Å². The van der Waals surface area contributed by atoms with Gasteiger partial charge in [0.15, 0.2) is 0 Å². The molecule has 6 aromatic rings. The number of fused-ring (bicyclic) bond motifs is 6. The number of carbonyl (C=O) groups is 1. The SMILES string of the molecule is CNC(=O)c1c(-c2ccc(C(C)F)nc2)oc2cc(N(C)S(C)(=O)=O)c(-c3ccc4c(n3)-c3cc5c(F)cccc5n3CC4)cc12. The van der Waals surface area contributed by atoms with Crippen molar-refractivity contribution < 1.29 is 26.4 Å². The molecule has 9 nitrogen and oxygen atoms in total. The lowest BCUT2D eigenvalue weighted by molar-refractivity contribution is 0.0964. The van der Waals surface area contributed by atoms with E-state index in [2.05, 4.69) is 10.3 Å². The maximum absolute atomic E-state index is 14.7. The number of carbonyl (C=O) groups excluding carboxylic acids is 1. The van der Waals surface area contributed by atoms with E-state index in [4.69, 9.17) is 9.40 Å². The first-order valence-corrected chi connectivity index (χ1v) is 16.5. The zero-order chi connectivity index (χ0) is 32.5. The largest absolute Gasteiger partial charge is 0.455 e. The second-order valence-electron chi connectivity index (χ2n) is 11.4. The van der Waals surface area contributed by atoms with Crippen molar-refractivity contribution in [3.8, 4) is 34.0 Å². The molecule has 0 aliphatic carbocycles. The molecule has 0 fully saturated rings. The van der Waals surface area contributed by atoms with Crippen LogP contribution >= 0.6 is 0 Å². The molecule has 12 heteroatoms. The number of pyridine rings is 2. The highest BCUT2D eigenvalue weighted by Gasteiger charge is 2.28. The molecule has 1 aliphatic heterocycles. The number of nitrogens with zero attached hydrogens (tertiary/aromatic N) is 4.